The summed E-state index contributed by atoms with van der Waals surface area (Å²) in [4.78, 5) is 0. The van der Waals surface area contributed by atoms with Crippen molar-refractivity contribution in [1.82, 2.24) is 0 Å². The van der Waals surface area contributed by atoms with E-state index in [9.17, 15) is 0 Å². The van der Waals surface area contributed by atoms with E-state index in [1.807, 2.05) is 0 Å². The first kappa shape index (κ1) is 19.9. The van der Waals surface area contributed by atoms with Crippen LogP contribution in [0.1, 0.15) is 58.2 Å². The molecule has 6 heteroatoms. The van der Waals surface area contributed by atoms with Crippen LogP contribution in [0.3, 0.4) is 0 Å². The van der Waals surface area contributed by atoms with Crippen LogP contribution in [0, 0.1) is 6.92 Å². The zero-order valence-corrected chi connectivity index (χ0v) is 19.4. The Labute approximate surface area is 145 Å². The first-order chi connectivity index (χ1) is 8.97. The van der Waals surface area contributed by atoms with E-state index in [2.05, 4.69) is 60.6 Å². The molecule has 1 rings (SSSR count). The van der Waals surface area contributed by atoms with Crippen LogP contribution in [0.2, 0.25) is 0 Å². The molecule has 0 amide bonds. The van der Waals surface area contributed by atoms with Gasteiger partial charge in [0.15, 0.2) is 0 Å². The minimum absolute atomic E-state index is 0.143. The molecule has 0 N–H and O–H groups in total. The molecule has 1 aromatic carbocycles. The molecule has 0 atom stereocenters. The van der Waals surface area contributed by atoms with Crippen molar-refractivity contribution in [2.24, 2.45) is 0 Å². The Morgan fingerprint density at radius 2 is 1.14 bits per heavy atom. The van der Waals surface area contributed by atoms with Crippen molar-refractivity contribution in [3.8, 4) is 5.75 Å². The first-order valence-corrected chi connectivity index (χ1v) is 22.4. The molecule has 0 bridgehead atoms. The average molecular weight is 545 g/mol. The molecule has 21 heavy (non-hydrogen) atoms. The summed E-state index contributed by atoms with van der Waals surface area (Å²) in [6, 6.07) is 4.15. The summed E-state index contributed by atoms with van der Waals surface area (Å²) in [5, 5.41) is 0. The van der Waals surface area contributed by atoms with Crippen LogP contribution in [-0.4, -0.2) is 0 Å². The van der Waals surface area contributed by atoms with Crippen molar-refractivity contribution in [3.63, 3.8) is 0 Å². The topological polar surface area (TPSA) is 9.23 Å². The summed E-state index contributed by atoms with van der Waals surface area (Å²) in [7, 11) is 24.4. The second kappa shape index (κ2) is 5.74. The van der Waals surface area contributed by atoms with Gasteiger partial charge in [-0.2, -0.15) is 0 Å². The molecule has 0 unspecified atom stereocenters. The summed E-state index contributed by atoms with van der Waals surface area (Å²) >= 11 is -5.11. The molecule has 0 radical (unpaired) electrons. The van der Waals surface area contributed by atoms with Gasteiger partial charge in [0.25, 0.3) is 0 Å². The summed E-state index contributed by atoms with van der Waals surface area (Å²) in [6.45, 7) is 14.7. The van der Waals surface area contributed by atoms with Crippen LogP contribution in [0.15, 0.2) is 12.1 Å². The van der Waals surface area contributed by atoms with Gasteiger partial charge >= 0.3 is 146 Å². The van der Waals surface area contributed by atoms with Crippen LogP contribution in [-0.2, 0) is 21.9 Å². The standard InChI is InChI=1S/C15H24O.4ClH.W/c1-10-8-11(14(2,3)4)13(16)12(9-10)15(5,6)7;;;;;/h8-9,16H,1-7H3;4*1H;/q;;;;;+5/p-5. The van der Waals surface area contributed by atoms with Crippen LogP contribution in [0.4, 0.5) is 0 Å². The molecule has 0 aliphatic rings. The predicted octanol–water partition coefficient (Wildman–Crippen LogP) is 7.19. The van der Waals surface area contributed by atoms with Gasteiger partial charge in [-0.3, -0.25) is 0 Å². The summed E-state index contributed by atoms with van der Waals surface area (Å²) in [6.07, 6.45) is 0. The fourth-order valence-corrected chi connectivity index (χ4v) is 5.72. The van der Waals surface area contributed by atoms with E-state index in [4.69, 9.17) is 41.1 Å². The molecule has 1 nitrogen and oxygen atoms in total. The molecular formula is C15H23Cl4OW. The molecule has 0 aliphatic carbocycles. The Morgan fingerprint density at radius 3 is 1.38 bits per heavy atom. The summed E-state index contributed by atoms with van der Waals surface area (Å²) in [5.41, 5.74) is 2.89. The third-order valence-electron chi connectivity index (χ3n) is 3.06. The molecular weight excluding hydrogens is 522 g/mol. The Balaban J connectivity index is 3.71. The van der Waals surface area contributed by atoms with Crippen molar-refractivity contribution < 1.29 is 14.4 Å². The molecule has 0 spiro atoms. The van der Waals surface area contributed by atoms with Gasteiger partial charge in [-0.25, -0.2) is 0 Å². The number of benzene rings is 1. The number of hydrogen-bond acceptors (Lipinski definition) is 1. The second-order valence-corrected chi connectivity index (χ2v) is 39.3. The van der Waals surface area contributed by atoms with Gasteiger partial charge < -0.3 is 0 Å². The Bertz CT molecular complexity index is 503. The molecule has 123 valence electrons. The van der Waals surface area contributed by atoms with E-state index in [0.29, 0.717) is 5.75 Å². The van der Waals surface area contributed by atoms with Gasteiger partial charge in [-0.1, -0.05) is 0 Å². The number of aryl methyl sites for hydroxylation is 1. The van der Waals surface area contributed by atoms with Crippen molar-refractivity contribution in [3.05, 3.63) is 28.8 Å². The van der Waals surface area contributed by atoms with Gasteiger partial charge in [0, 0.05) is 0 Å². The van der Waals surface area contributed by atoms with Crippen LogP contribution >= 0.6 is 37.7 Å². The van der Waals surface area contributed by atoms with Gasteiger partial charge in [-0.15, -0.1) is 0 Å². The quantitative estimate of drug-likeness (QED) is 0.383. The first-order valence-electron chi connectivity index (χ1n) is 6.64. The summed E-state index contributed by atoms with van der Waals surface area (Å²) in [5.74, 6) is 0.626. The SMILES string of the molecule is Cc1cc(C(C)(C)C)c([O][W]([Cl])([Cl])([Cl])[Cl])c(C(C)(C)C)c1. The molecule has 0 saturated heterocycles. The predicted molar refractivity (Wildman–Crippen MR) is 92.6 cm³/mol. The van der Waals surface area contributed by atoms with Gasteiger partial charge in [0.1, 0.15) is 0 Å². The monoisotopic (exact) mass is 543 g/mol. The number of rotatable bonds is 2. The average Bonchev–Trinajstić information content (AvgIpc) is 2.13. The van der Waals surface area contributed by atoms with E-state index in [-0.39, 0.29) is 10.8 Å². The molecule has 0 aliphatic heterocycles. The van der Waals surface area contributed by atoms with Gasteiger partial charge in [0.2, 0.25) is 0 Å². The molecule has 1 aromatic rings. The molecule has 0 saturated carbocycles. The van der Waals surface area contributed by atoms with Crippen LogP contribution in [0.25, 0.3) is 0 Å². The van der Waals surface area contributed by atoms with E-state index in [1.54, 1.807) is 0 Å². The molecule has 0 aromatic heterocycles. The maximum atomic E-state index is 6.09. The van der Waals surface area contributed by atoms with Crippen molar-refractivity contribution in [2.45, 2.75) is 59.3 Å². The zero-order chi connectivity index (χ0) is 16.9. The number of hydrogen-bond donors (Lipinski definition) is 0. The Hall–Kier alpha value is 0.868. The van der Waals surface area contributed by atoms with Crippen molar-refractivity contribution in [1.29, 1.82) is 0 Å². The van der Waals surface area contributed by atoms with Crippen LogP contribution in [0.5, 0.6) is 5.75 Å². The van der Waals surface area contributed by atoms with E-state index in [0.717, 1.165) is 16.7 Å². The van der Waals surface area contributed by atoms with Gasteiger partial charge in [-0.05, 0) is 0 Å². The summed E-state index contributed by atoms with van der Waals surface area (Å²) < 4.78 is 5.83. The third-order valence-corrected chi connectivity index (χ3v) is 6.63. The fourth-order valence-electron chi connectivity index (χ4n) is 2.10. The maximum absolute atomic E-state index is 6.09. The van der Waals surface area contributed by atoms with E-state index < -0.39 is 11.0 Å². The number of halogens is 4. The Morgan fingerprint density at radius 1 is 0.810 bits per heavy atom. The second-order valence-electron chi connectivity index (χ2n) is 7.37. The molecule has 0 fully saturated rings. The van der Waals surface area contributed by atoms with E-state index >= 15 is 0 Å². The van der Waals surface area contributed by atoms with Gasteiger partial charge in [0.05, 0.1) is 0 Å². The van der Waals surface area contributed by atoms with E-state index in [1.165, 1.54) is 0 Å². The molecule has 0 heterocycles. The Kier molecular flexibility index (Phi) is 5.45. The zero-order valence-electron chi connectivity index (χ0n) is 13.5. The minimum atomic E-state index is -5.11. The normalized spacial score (nSPS) is 15.5. The third kappa shape index (κ3) is 6.11. The van der Waals surface area contributed by atoms with Crippen molar-refractivity contribution in [2.75, 3.05) is 0 Å². The van der Waals surface area contributed by atoms with Crippen molar-refractivity contribution >= 4 is 37.7 Å². The van der Waals surface area contributed by atoms with Crippen LogP contribution < -0.4 is 3.39 Å². The fraction of sp³-hybridized carbons (Fsp3) is 0.600.